The molecule has 0 saturated heterocycles. The minimum atomic E-state index is -2.54. The van der Waals surface area contributed by atoms with Crippen LogP contribution in [0.5, 0.6) is 0 Å². The first-order chi connectivity index (χ1) is 8.83. The van der Waals surface area contributed by atoms with Crippen LogP contribution in [0.2, 0.25) is 0 Å². The predicted octanol–water partition coefficient (Wildman–Crippen LogP) is 1.53. The maximum atomic E-state index is 11.6. The number of benzene rings is 1. The first kappa shape index (κ1) is 15.3. The summed E-state index contributed by atoms with van der Waals surface area (Å²) in [5.74, 6) is -0.193. The summed E-state index contributed by atoms with van der Waals surface area (Å²) in [6.45, 7) is 2.40. The van der Waals surface area contributed by atoms with Crippen molar-refractivity contribution in [2.24, 2.45) is 0 Å². The van der Waals surface area contributed by atoms with Crippen LogP contribution in [0.3, 0.4) is 0 Å². The summed E-state index contributed by atoms with van der Waals surface area (Å²) in [6, 6.07) is 4.79. The highest BCUT2D eigenvalue weighted by molar-refractivity contribution is 7.91. The first-order valence-electron chi connectivity index (χ1n) is 5.85. The molecule has 0 amide bonds. The molecule has 1 rings (SSSR count). The Morgan fingerprint density at radius 3 is 2.79 bits per heavy atom. The largest absolute Gasteiger partial charge is 0.462 e. The number of carbonyl (C=O) groups is 1. The molecule has 1 unspecified atom stereocenters. The molecule has 0 aliphatic rings. The van der Waals surface area contributed by atoms with E-state index in [1.165, 1.54) is 6.26 Å². The van der Waals surface area contributed by atoms with Gasteiger partial charge in [0.1, 0.15) is 0 Å². The molecule has 1 aromatic carbocycles. The average molecular weight is 285 g/mol. The Hall–Kier alpha value is -1.76. The van der Waals surface area contributed by atoms with Gasteiger partial charge in [0.25, 0.3) is 0 Å². The molecule has 0 spiro atoms. The molecule has 6 nitrogen and oxygen atoms in total. The summed E-state index contributed by atoms with van der Waals surface area (Å²) in [5, 5.41) is 2.97. The van der Waals surface area contributed by atoms with Crippen LogP contribution in [-0.4, -0.2) is 35.3 Å². The minimum absolute atomic E-state index is 0.218. The van der Waals surface area contributed by atoms with Gasteiger partial charge < -0.3 is 15.8 Å². The number of nitrogen functional groups attached to an aromatic ring is 1. The van der Waals surface area contributed by atoms with Crippen molar-refractivity contribution in [1.29, 1.82) is 4.78 Å². The zero-order valence-electron chi connectivity index (χ0n) is 11.1. The fourth-order valence-corrected chi connectivity index (χ4v) is 1.92. The Bertz CT molecular complexity index is 555. The van der Waals surface area contributed by atoms with Crippen molar-refractivity contribution in [3.05, 3.63) is 23.8 Å². The second kappa shape index (κ2) is 6.42. The van der Waals surface area contributed by atoms with Gasteiger partial charge in [0, 0.05) is 28.3 Å². The third kappa shape index (κ3) is 5.17. The van der Waals surface area contributed by atoms with E-state index in [1.807, 2.05) is 0 Å². The van der Waals surface area contributed by atoms with Gasteiger partial charge in [-0.1, -0.05) is 0 Å². The fourth-order valence-electron chi connectivity index (χ4n) is 1.43. The summed E-state index contributed by atoms with van der Waals surface area (Å²) in [5.41, 5.74) is 7.25. The van der Waals surface area contributed by atoms with Gasteiger partial charge in [-0.25, -0.2) is 4.79 Å². The van der Waals surface area contributed by atoms with Crippen LogP contribution in [0.15, 0.2) is 18.2 Å². The highest BCUT2D eigenvalue weighted by Crippen LogP contribution is 2.20. The topological polar surface area (TPSA) is 105 Å². The third-order valence-electron chi connectivity index (χ3n) is 2.37. The van der Waals surface area contributed by atoms with Gasteiger partial charge in [-0.2, -0.15) is 0 Å². The molecule has 1 atom stereocenters. The zero-order valence-corrected chi connectivity index (χ0v) is 11.9. The van der Waals surface area contributed by atoms with Crippen molar-refractivity contribution in [2.75, 3.05) is 36.2 Å². The first-order valence-corrected chi connectivity index (χ1v) is 7.99. The van der Waals surface area contributed by atoms with E-state index in [9.17, 15) is 9.00 Å². The second-order valence-corrected chi connectivity index (χ2v) is 6.58. The monoisotopic (exact) mass is 285 g/mol. The van der Waals surface area contributed by atoms with Gasteiger partial charge in [-0.15, -0.1) is 0 Å². The van der Waals surface area contributed by atoms with E-state index in [0.29, 0.717) is 30.1 Å². The van der Waals surface area contributed by atoms with Crippen LogP contribution >= 0.6 is 0 Å². The number of hydrogen-bond acceptors (Lipinski definition) is 6. The van der Waals surface area contributed by atoms with Gasteiger partial charge in [0.15, 0.2) is 0 Å². The van der Waals surface area contributed by atoms with Gasteiger partial charge in [0.05, 0.1) is 23.5 Å². The van der Waals surface area contributed by atoms with Crippen molar-refractivity contribution < 1.29 is 13.7 Å². The Morgan fingerprint density at radius 2 is 2.21 bits per heavy atom. The third-order valence-corrected chi connectivity index (χ3v) is 3.35. The van der Waals surface area contributed by atoms with Crippen LogP contribution in [0.25, 0.3) is 0 Å². The van der Waals surface area contributed by atoms with Crippen molar-refractivity contribution in [1.82, 2.24) is 0 Å². The summed E-state index contributed by atoms with van der Waals surface area (Å²) in [4.78, 5) is 11.6. The molecule has 7 heteroatoms. The number of ether oxygens (including phenoxy) is 1. The predicted molar refractivity (Wildman–Crippen MR) is 77.0 cm³/mol. The van der Waals surface area contributed by atoms with E-state index < -0.39 is 15.7 Å². The molecule has 0 aliphatic heterocycles. The molecule has 0 bridgehead atoms. The highest BCUT2D eigenvalue weighted by Gasteiger charge is 2.09. The number of nitrogens with two attached hydrogens (primary N) is 1. The lowest BCUT2D eigenvalue weighted by atomic mass is 10.1. The van der Waals surface area contributed by atoms with Crippen molar-refractivity contribution in [3.63, 3.8) is 0 Å². The maximum absolute atomic E-state index is 11.6. The van der Waals surface area contributed by atoms with Crippen molar-refractivity contribution >= 4 is 27.1 Å². The second-order valence-electron chi connectivity index (χ2n) is 4.16. The van der Waals surface area contributed by atoms with E-state index in [-0.39, 0.29) is 5.75 Å². The minimum Gasteiger partial charge on any atom is -0.462 e. The molecular weight excluding hydrogens is 266 g/mol. The molecule has 0 aliphatic carbocycles. The molecule has 0 radical (unpaired) electrons. The molecule has 19 heavy (non-hydrogen) atoms. The van der Waals surface area contributed by atoms with Gasteiger partial charge in [-0.05, 0) is 25.1 Å². The summed E-state index contributed by atoms with van der Waals surface area (Å²) in [6.07, 6.45) is 1.38. The number of carbonyl (C=O) groups excluding carboxylic acids is 1. The lowest BCUT2D eigenvalue weighted by molar-refractivity contribution is 0.0526. The Kier molecular flexibility index (Phi) is 5.17. The highest BCUT2D eigenvalue weighted by atomic mass is 32.2. The van der Waals surface area contributed by atoms with Crippen LogP contribution in [0.4, 0.5) is 11.4 Å². The summed E-state index contributed by atoms with van der Waals surface area (Å²) < 4.78 is 23.4. The van der Waals surface area contributed by atoms with E-state index >= 15 is 0 Å². The molecule has 0 fully saturated rings. The Labute approximate surface area is 113 Å². The standard InChI is InChI=1S/C12H19N3O3S/c1-3-18-12(16)9-4-5-10(13)11(8-9)15-6-7-19(2,14)17/h4-5,8,14-15H,3,6-7,13H2,1-2H3. The SMILES string of the molecule is CCOC(=O)c1ccc(N)c(NCCS(C)(=N)=O)c1. The molecule has 0 heterocycles. The van der Waals surface area contributed by atoms with Crippen LogP contribution in [0, 0.1) is 4.78 Å². The number of hydrogen-bond donors (Lipinski definition) is 3. The number of rotatable bonds is 6. The summed E-state index contributed by atoms with van der Waals surface area (Å²) >= 11 is 0. The van der Waals surface area contributed by atoms with Crippen LogP contribution in [0.1, 0.15) is 17.3 Å². The molecule has 106 valence electrons. The molecule has 0 aromatic heterocycles. The molecular formula is C12H19N3O3S. The number of anilines is 2. The van der Waals surface area contributed by atoms with Crippen molar-refractivity contribution in [3.8, 4) is 0 Å². The lowest BCUT2D eigenvalue weighted by Gasteiger charge is -2.11. The van der Waals surface area contributed by atoms with E-state index in [2.05, 4.69) is 5.32 Å². The van der Waals surface area contributed by atoms with Gasteiger partial charge >= 0.3 is 5.97 Å². The van der Waals surface area contributed by atoms with E-state index in [1.54, 1.807) is 25.1 Å². The quantitative estimate of drug-likeness (QED) is 0.543. The summed E-state index contributed by atoms with van der Waals surface area (Å²) in [7, 11) is -2.54. The number of nitrogens with one attached hydrogen (secondary N) is 2. The Balaban J connectivity index is 2.77. The Morgan fingerprint density at radius 1 is 1.53 bits per heavy atom. The fraction of sp³-hybridized carbons (Fsp3) is 0.417. The molecule has 1 aromatic rings. The van der Waals surface area contributed by atoms with Crippen LogP contribution < -0.4 is 11.1 Å². The van der Waals surface area contributed by atoms with Gasteiger partial charge in [-0.3, -0.25) is 8.99 Å². The lowest BCUT2D eigenvalue weighted by Crippen LogP contribution is -2.14. The zero-order chi connectivity index (χ0) is 14.5. The van der Waals surface area contributed by atoms with Gasteiger partial charge in [0.2, 0.25) is 0 Å². The number of esters is 1. The smallest absolute Gasteiger partial charge is 0.338 e. The molecule has 0 saturated carbocycles. The molecule has 4 N–H and O–H groups in total. The van der Waals surface area contributed by atoms with E-state index in [4.69, 9.17) is 15.3 Å². The van der Waals surface area contributed by atoms with E-state index in [0.717, 1.165) is 0 Å². The maximum Gasteiger partial charge on any atom is 0.338 e. The van der Waals surface area contributed by atoms with Crippen molar-refractivity contribution in [2.45, 2.75) is 6.92 Å². The normalized spacial score (nSPS) is 13.6. The van der Waals surface area contributed by atoms with Crippen LogP contribution in [-0.2, 0) is 14.5 Å². The average Bonchev–Trinajstić information content (AvgIpc) is 2.30.